The van der Waals surface area contributed by atoms with Crippen LogP contribution in [0.15, 0.2) is 59.0 Å². The molecule has 0 unspecified atom stereocenters. The molecule has 4 rings (SSSR count). The first-order valence-electron chi connectivity index (χ1n) is 8.77. The molecule has 0 radical (unpaired) electrons. The molecule has 7 heteroatoms. The number of esters is 1. The number of aryl methyl sites for hydroxylation is 1. The van der Waals surface area contributed by atoms with Crippen molar-refractivity contribution >= 4 is 39.3 Å². The fourth-order valence-corrected chi connectivity index (χ4v) is 3.12. The number of fused-ring (bicyclic) bond motifs is 3. The Morgan fingerprint density at radius 2 is 1.83 bits per heavy atom. The summed E-state index contributed by atoms with van der Waals surface area (Å²) < 4.78 is 37.5. The Kier molecular flexibility index (Phi) is 4.72. The minimum atomic E-state index is -0.822. The van der Waals surface area contributed by atoms with E-state index in [4.69, 9.17) is 9.15 Å². The number of hydrogen-bond donors (Lipinski definition) is 1. The fraction of sp³-hybridized carbons (Fsp3) is 0.0909. The van der Waals surface area contributed by atoms with Gasteiger partial charge in [0.05, 0.1) is 5.69 Å². The molecule has 1 heterocycles. The first kappa shape index (κ1) is 18.6. The van der Waals surface area contributed by atoms with Crippen molar-refractivity contribution in [1.82, 2.24) is 0 Å². The summed E-state index contributed by atoms with van der Waals surface area (Å²) in [5.41, 5.74) is 0.809. The number of carbonyl (C=O) groups is 2. The summed E-state index contributed by atoms with van der Waals surface area (Å²) in [5, 5.41) is 4.74. The van der Waals surface area contributed by atoms with E-state index < -0.39 is 30.1 Å². The van der Waals surface area contributed by atoms with Gasteiger partial charge in [0, 0.05) is 22.4 Å². The molecule has 0 saturated heterocycles. The fourth-order valence-electron chi connectivity index (χ4n) is 3.12. The average Bonchev–Trinajstić information content (AvgIpc) is 3.06. The molecule has 1 N–H and O–H groups in total. The Morgan fingerprint density at radius 1 is 1.03 bits per heavy atom. The van der Waals surface area contributed by atoms with Crippen molar-refractivity contribution in [3.05, 3.63) is 77.6 Å². The summed E-state index contributed by atoms with van der Waals surface area (Å²) in [6.45, 7) is 1.05. The zero-order valence-electron chi connectivity index (χ0n) is 15.3. The molecule has 0 aliphatic rings. The SMILES string of the molecule is Cc1c(C(=O)OCC(=O)Nc2cc(F)ccc2F)oc2c1ccc1ccccc12. The molecule has 1 amide bonds. The predicted molar refractivity (Wildman–Crippen MR) is 104 cm³/mol. The van der Waals surface area contributed by atoms with E-state index in [9.17, 15) is 18.4 Å². The lowest BCUT2D eigenvalue weighted by Crippen LogP contribution is -2.21. The number of halogens is 2. The maximum Gasteiger partial charge on any atom is 0.375 e. The van der Waals surface area contributed by atoms with Gasteiger partial charge in [-0.2, -0.15) is 0 Å². The molecule has 29 heavy (non-hydrogen) atoms. The van der Waals surface area contributed by atoms with Crippen LogP contribution in [-0.4, -0.2) is 18.5 Å². The maximum absolute atomic E-state index is 13.6. The Balaban J connectivity index is 1.52. The van der Waals surface area contributed by atoms with Crippen molar-refractivity contribution in [2.75, 3.05) is 11.9 Å². The summed E-state index contributed by atoms with van der Waals surface area (Å²) >= 11 is 0. The second kappa shape index (κ2) is 7.35. The number of hydrogen-bond acceptors (Lipinski definition) is 4. The van der Waals surface area contributed by atoms with Crippen molar-refractivity contribution in [3.8, 4) is 0 Å². The first-order chi connectivity index (χ1) is 13.9. The highest BCUT2D eigenvalue weighted by Crippen LogP contribution is 2.32. The topological polar surface area (TPSA) is 68.5 Å². The van der Waals surface area contributed by atoms with Crippen molar-refractivity contribution in [1.29, 1.82) is 0 Å². The molecule has 3 aromatic carbocycles. The molecule has 5 nitrogen and oxygen atoms in total. The summed E-state index contributed by atoms with van der Waals surface area (Å²) in [6.07, 6.45) is 0. The van der Waals surface area contributed by atoms with Gasteiger partial charge in [-0.25, -0.2) is 13.6 Å². The van der Waals surface area contributed by atoms with Gasteiger partial charge in [0.2, 0.25) is 5.76 Å². The van der Waals surface area contributed by atoms with Gasteiger partial charge >= 0.3 is 5.97 Å². The minimum absolute atomic E-state index is 0.0129. The zero-order chi connectivity index (χ0) is 20.5. The smallest absolute Gasteiger partial charge is 0.375 e. The molecule has 0 aliphatic carbocycles. The summed E-state index contributed by atoms with van der Waals surface area (Å²) in [7, 11) is 0. The van der Waals surface area contributed by atoms with Gasteiger partial charge in [0.1, 0.15) is 17.2 Å². The molecule has 0 saturated carbocycles. The van der Waals surface area contributed by atoms with E-state index in [0.717, 1.165) is 34.4 Å². The normalized spacial score (nSPS) is 11.0. The molecule has 1 aromatic heterocycles. The van der Waals surface area contributed by atoms with E-state index >= 15 is 0 Å². The molecule has 0 aliphatic heterocycles. The van der Waals surface area contributed by atoms with Crippen LogP contribution >= 0.6 is 0 Å². The quantitative estimate of drug-likeness (QED) is 0.496. The standard InChI is InChI=1S/C22H15F2NO4/c1-12-15-8-6-13-4-2-3-5-16(13)21(15)29-20(12)22(27)28-11-19(26)25-18-10-14(23)7-9-17(18)24/h2-10H,11H2,1H3,(H,25,26). The van der Waals surface area contributed by atoms with Crippen LogP contribution in [0.1, 0.15) is 16.1 Å². The Morgan fingerprint density at radius 3 is 2.66 bits per heavy atom. The number of ether oxygens (including phenoxy) is 1. The molecule has 0 spiro atoms. The lowest BCUT2D eigenvalue weighted by Gasteiger charge is -2.07. The molecule has 4 aromatic rings. The van der Waals surface area contributed by atoms with E-state index in [0.29, 0.717) is 11.1 Å². The number of benzene rings is 3. The van der Waals surface area contributed by atoms with Gasteiger partial charge in [-0.05, 0) is 24.4 Å². The maximum atomic E-state index is 13.6. The first-order valence-corrected chi connectivity index (χ1v) is 8.77. The van der Waals surface area contributed by atoms with E-state index in [2.05, 4.69) is 5.32 Å². The number of nitrogens with one attached hydrogen (secondary N) is 1. The predicted octanol–water partition coefficient (Wildman–Crippen LogP) is 4.97. The van der Waals surface area contributed by atoms with Crippen LogP contribution in [0.2, 0.25) is 0 Å². The van der Waals surface area contributed by atoms with Crippen LogP contribution in [-0.2, 0) is 9.53 Å². The monoisotopic (exact) mass is 395 g/mol. The third-order valence-electron chi connectivity index (χ3n) is 4.55. The second-order valence-corrected chi connectivity index (χ2v) is 6.47. The van der Waals surface area contributed by atoms with E-state index in [1.165, 1.54) is 0 Å². The number of rotatable bonds is 4. The van der Waals surface area contributed by atoms with Gasteiger partial charge in [-0.1, -0.05) is 36.4 Å². The van der Waals surface area contributed by atoms with Crippen LogP contribution in [0, 0.1) is 18.6 Å². The lowest BCUT2D eigenvalue weighted by atomic mass is 10.1. The van der Waals surface area contributed by atoms with E-state index in [-0.39, 0.29) is 11.4 Å². The minimum Gasteiger partial charge on any atom is -0.450 e. The van der Waals surface area contributed by atoms with Gasteiger partial charge in [-0.15, -0.1) is 0 Å². The average molecular weight is 395 g/mol. The molecule has 0 atom stereocenters. The van der Waals surface area contributed by atoms with Crippen molar-refractivity contribution < 1.29 is 27.5 Å². The van der Waals surface area contributed by atoms with Gasteiger partial charge < -0.3 is 14.5 Å². The highest BCUT2D eigenvalue weighted by Gasteiger charge is 2.21. The van der Waals surface area contributed by atoms with Gasteiger partial charge in [0.15, 0.2) is 6.61 Å². The van der Waals surface area contributed by atoms with Crippen LogP contribution in [0.25, 0.3) is 21.7 Å². The molecular formula is C22H15F2NO4. The number of furan rings is 1. The van der Waals surface area contributed by atoms with Crippen LogP contribution in [0.3, 0.4) is 0 Å². The molecule has 146 valence electrons. The van der Waals surface area contributed by atoms with E-state index in [1.807, 2.05) is 36.4 Å². The van der Waals surface area contributed by atoms with Crippen LogP contribution < -0.4 is 5.32 Å². The molecular weight excluding hydrogens is 380 g/mol. The van der Waals surface area contributed by atoms with Crippen molar-refractivity contribution in [2.24, 2.45) is 0 Å². The Bertz CT molecular complexity index is 1260. The largest absolute Gasteiger partial charge is 0.450 e. The Hall–Kier alpha value is -3.74. The molecule has 0 fully saturated rings. The highest BCUT2D eigenvalue weighted by atomic mass is 19.1. The zero-order valence-corrected chi connectivity index (χ0v) is 15.3. The van der Waals surface area contributed by atoms with Crippen LogP contribution in [0.4, 0.5) is 14.5 Å². The van der Waals surface area contributed by atoms with Crippen molar-refractivity contribution in [2.45, 2.75) is 6.92 Å². The Labute approximate surface area is 163 Å². The third kappa shape index (κ3) is 3.54. The third-order valence-corrected chi connectivity index (χ3v) is 4.55. The second-order valence-electron chi connectivity index (χ2n) is 6.47. The number of amides is 1. The highest BCUT2D eigenvalue weighted by molar-refractivity contribution is 6.08. The van der Waals surface area contributed by atoms with Crippen molar-refractivity contribution in [3.63, 3.8) is 0 Å². The van der Waals surface area contributed by atoms with Gasteiger partial charge in [0.25, 0.3) is 5.91 Å². The summed E-state index contributed by atoms with van der Waals surface area (Å²) in [6, 6.07) is 14.0. The van der Waals surface area contributed by atoms with Crippen LogP contribution in [0.5, 0.6) is 0 Å². The summed E-state index contributed by atoms with van der Waals surface area (Å²) in [4.78, 5) is 24.4. The molecule has 0 bridgehead atoms. The summed E-state index contributed by atoms with van der Waals surface area (Å²) in [5.74, 6) is -3.14. The number of carbonyl (C=O) groups excluding carboxylic acids is 2. The van der Waals surface area contributed by atoms with Gasteiger partial charge in [-0.3, -0.25) is 4.79 Å². The van der Waals surface area contributed by atoms with E-state index in [1.54, 1.807) is 6.92 Å². The lowest BCUT2D eigenvalue weighted by molar-refractivity contribution is -0.119. The number of anilines is 1.